The number of carboxylic acids is 1. The molecule has 1 aliphatic heterocycles. The largest absolute Gasteiger partial charge is 0.481 e. The van der Waals surface area contributed by atoms with Crippen molar-refractivity contribution in [2.45, 2.75) is 13.3 Å². The van der Waals surface area contributed by atoms with Crippen molar-refractivity contribution in [3.63, 3.8) is 0 Å². The van der Waals surface area contributed by atoms with Gasteiger partial charge >= 0.3 is 17.7 Å². The van der Waals surface area contributed by atoms with Crippen molar-refractivity contribution >= 4 is 28.7 Å². The summed E-state index contributed by atoms with van der Waals surface area (Å²) in [6, 6.07) is 0.992. The predicted molar refractivity (Wildman–Crippen MR) is 93.2 cm³/mol. The lowest BCUT2D eigenvalue weighted by molar-refractivity contribution is -0.146. The molecule has 2 aromatic heterocycles. The van der Waals surface area contributed by atoms with E-state index in [1.165, 1.54) is 35.8 Å². The van der Waals surface area contributed by atoms with Crippen LogP contribution in [-0.2, 0) is 18.9 Å². The average molecular weight is 361 g/mol. The zero-order valence-corrected chi connectivity index (χ0v) is 14.6. The molecule has 1 atom stereocenters. The number of nitrogens with zero attached hydrogens (tertiary/aromatic N) is 4. The average Bonchev–Trinajstić information content (AvgIpc) is 3.02. The molecule has 1 aliphatic rings. The molecule has 26 heavy (non-hydrogen) atoms. The topological polar surface area (TPSA) is 127 Å². The lowest BCUT2D eigenvalue weighted by Gasteiger charge is -2.20. The molecule has 0 aliphatic carbocycles. The second-order valence-electron chi connectivity index (χ2n) is 6.77. The maximum Gasteiger partial charge on any atom is 0.332 e. The Morgan fingerprint density at radius 3 is 2.58 bits per heavy atom. The number of aryl methyl sites for hydroxylation is 1. The van der Waals surface area contributed by atoms with Gasteiger partial charge in [0.25, 0.3) is 5.56 Å². The van der Waals surface area contributed by atoms with Gasteiger partial charge in [-0.15, -0.1) is 0 Å². The number of rotatable bonds is 2. The van der Waals surface area contributed by atoms with Gasteiger partial charge in [0.05, 0.1) is 22.7 Å². The van der Waals surface area contributed by atoms with E-state index in [0.29, 0.717) is 18.7 Å². The van der Waals surface area contributed by atoms with Crippen LogP contribution in [0.5, 0.6) is 0 Å². The molecule has 0 bridgehead atoms. The molecule has 0 saturated carbocycles. The van der Waals surface area contributed by atoms with Crippen molar-refractivity contribution < 1.29 is 14.7 Å². The number of likely N-dealkylation sites (tertiary alicyclic amines) is 1. The Morgan fingerprint density at radius 2 is 1.96 bits per heavy atom. The van der Waals surface area contributed by atoms with Gasteiger partial charge in [0.1, 0.15) is 5.65 Å². The second kappa shape index (κ2) is 5.97. The van der Waals surface area contributed by atoms with Gasteiger partial charge in [0, 0.05) is 27.2 Å². The van der Waals surface area contributed by atoms with Crippen LogP contribution < -0.4 is 16.6 Å². The van der Waals surface area contributed by atoms with Crippen LogP contribution in [0.25, 0.3) is 11.0 Å². The van der Waals surface area contributed by atoms with Crippen LogP contribution in [0, 0.1) is 5.41 Å². The molecular weight excluding hydrogens is 342 g/mol. The molecule has 1 saturated heterocycles. The van der Waals surface area contributed by atoms with Crippen molar-refractivity contribution in [3.05, 3.63) is 33.1 Å². The molecule has 1 unspecified atom stereocenters. The standard InChI is InChI=1S/C16H19N5O5/c1-16(13(23)24)4-5-21(8-16)14(25)18-9-6-10-11(17-7-9)19(2)15(26)20(3)12(10)22/h6-7H,4-5,8H2,1-3H3,(H,18,25)(H,23,24). The lowest BCUT2D eigenvalue weighted by atomic mass is 9.90. The summed E-state index contributed by atoms with van der Waals surface area (Å²) >= 11 is 0. The number of nitrogens with one attached hydrogen (secondary N) is 1. The van der Waals surface area contributed by atoms with Gasteiger partial charge in [-0.1, -0.05) is 0 Å². The normalized spacial score (nSPS) is 19.7. The number of fused-ring (bicyclic) bond motifs is 1. The Bertz CT molecular complexity index is 1040. The number of aliphatic carboxylic acids is 1. The van der Waals surface area contributed by atoms with E-state index in [2.05, 4.69) is 10.3 Å². The molecule has 3 heterocycles. The maximum absolute atomic E-state index is 12.4. The number of carbonyl (C=O) groups is 2. The van der Waals surface area contributed by atoms with E-state index in [-0.39, 0.29) is 17.6 Å². The third-order valence-corrected chi connectivity index (χ3v) is 4.82. The number of hydrogen-bond donors (Lipinski definition) is 2. The van der Waals surface area contributed by atoms with E-state index >= 15 is 0 Å². The van der Waals surface area contributed by atoms with Crippen LogP contribution in [0.4, 0.5) is 10.5 Å². The Hall–Kier alpha value is -3.17. The van der Waals surface area contributed by atoms with Gasteiger partial charge in [-0.3, -0.25) is 18.7 Å². The molecule has 0 radical (unpaired) electrons. The molecular formula is C16H19N5O5. The minimum Gasteiger partial charge on any atom is -0.481 e. The third-order valence-electron chi connectivity index (χ3n) is 4.82. The Morgan fingerprint density at radius 1 is 1.27 bits per heavy atom. The SMILES string of the molecule is Cn1c(=O)c2cc(NC(=O)N3CCC(C)(C(=O)O)C3)cnc2n(C)c1=O. The fourth-order valence-corrected chi connectivity index (χ4v) is 3.05. The van der Waals surface area contributed by atoms with Crippen LogP contribution in [0.1, 0.15) is 13.3 Å². The molecule has 138 valence electrons. The number of urea groups is 1. The summed E-state index contributed by atoms with van der Waals surface area (Å²) < 4.78 is 2.22. The summed E-state index contributed by atoms with van der Waals surface area (Å²) in [6.07, 6.45) is 1.72. The smallest absolute Gasteiger partial charge is 0.332 e. The first kappa shape index (κ1) is 17.6. The molecule has 2 aromatic rings. The van der Waals surface area contributed by atoms with Crippen LogP contribution >= 0.6 is 0 Å². The van der Waals surface area contributed by atoms with Crippen molar-refractivity contribution in [3.8, 4) is 0 Å². The fourth-order valence-electron chi connectivity index (χ4n) is 3.05. The molecule has 1 fully saturated rings. The van der Waals surface area contributed by atoms with E-state index in [9.17, 15) is 24.3 Å². The van der Waals surface area contributed by atoms with E-state index in [4.69, 9.17) is 0 Å². The molecule has 2 amide bonds. The van der Waals surface area contributed by atoms with Crippen LogP contribution in [0.3, 0.4) is 0 Å². The number of carbonyl (C=O) groups excluding carboxylic acids is 1. The van der Waals surface area contributed by atoms with Crippen molar-refractivity contribution in [2.24, 2.45) is 19.5 Å². The molecule has 3 rings (SSSR count). The third kappa shape index (κ3) is 2.72. The Kier molecular flexibility index (Phi) is 4.05. The van der Waals surface area contributed by atoms with Crippen LogP contribution in [-0.4, -0.2) is 49.2 Å². The van der Waals surface area contributed by atoms with Crippen molar-refractivity contribution in [2.75, 3.05) is 18.4 Å². The zero-order valence-electron chi connectivity index (χ0n) is 14.6. The van der Waals surface area contributed by atoms with Crippen LogP contribution in [0.15, 0.2) is 21.9 Å². The van der Waals surface area contributed by atoms with Crippen LogP contribution in [0.2, 0.25) is 0 Å². The number of carboxylic acid groups (broad SMARTS) is 1. The fraction of sp³-hybridized carbons (Fsp3) is 0.438. The number of hydrogen-bond acceptors (Lipinski definition) is 5. The highest BCUT2D eigenvalue weighted by Crippen LogP contribution is 2.30. The highest BCUT2D eigenvalue weighted by Gasteiger charge is 2.42. The summed E-state index contributed by atoms with van der Waals surface area (Å²) in [6.45, 7) is 2.03. The number of aromatic nitrogens is 3. The Labute approximate surface area is 147 Å². The first-order chi connectivity index (χ1) is 12.1. The summed E-state index contributed by atoms with van der Waals surface area (Å²) in [5, 5.41) is 12.1. The van der Waals surface area contributed by atoms with Gasteiger partial charge in [-0.05, 0) is 19.4 Å². The van der Waals surface area contributed by atoms with E-state index < -0.39 is 28.7 Å². The Balaban J connectivity index is 1.88. The number of pyridine rings is 1. The van der Waals surface area contributed by atoms with E-state index in [0.717, 1.165) is 4.57 Å². The summed E-state index contributed by atoms with van der Waals surface area (Å²) in [5.74, 6) is -0.940. The maximum atomic E-state index is 12.4. The first-order valence-electron chi connectivity index (χ1n) is 7.99. The molecule has 10 heteroatoms. The summed E-state index contributed by atoms with van der Waals surface area (Å²) in [4.78, 5) is 53.4. The van der Waals surface area contributed by atoms with E-state index in [1.54, 1.807) is 6.92 Å². The summed E-state index contributed by atoms with van der Waals surface area (Å²) in [5.41, 5.74) is -1.45. The van der Waals surface area contributed by atoms with Crippen molar-refractivity contribution in [1.82, 2.24) is 19.0 Å². The van der Waals surface area contributed by atoms with Gasteiger partial charge in [-0.2, -0.15) is 0 Å². The summed E-state index contributed by atoms with van der Waals surface area (Å²) in [7, 11) is 2.87. The van der Waals surface area contributed by atoms with E-state index in [1.807, 2.05) is 0 Å². The second-order valence-corrected chi connectivity index (χ2v) is 6.77. The number of amides is 2. The highest BCUT2D eigenvalue weighted by molar-refractivity contribution is 5.92. The van der Waals surface area contributed by atoms with Gasteiger partial charge in [0.15, 0.2) is 0 Å². The molecule has 10 nitrogen and oxygen atoms in total. The minimum absolute atomic E-state index is 0.103. The minimum atomic E-state index is -0.965. The quantitative estimate of drug-likeness (QED) is 0.773. The zero-order chi connectivity index (χ0) is 19.2. The molecule has 0 aromatic carbocycles. The monoisotopic (exact) mass is 361 g/mol. The lowest BCUT2D eigenvalue weighted by Crippen LogP contribution is -2.38. The van der Waals surface area contributed by atoms with Gasteiger partial charge in [0.2, 0.25) is 0 Å². The molecule has 0 spiro atoms. The number of anilines is 1. The van der Waals surface area contributed by atoms with Gasteiger partial charge in [-0.25, -0.2) is 14.6 Å². The highest BCUT2D eigenvalue weighted by atomic mass is 16.4. The first-order valence-corrected chi connectivity index (χ1v) is 7.99. The molecule has 2 N–H and O–H groups in total. The van der Waals surface area contributed by atoms with Crippen molar-refractivity contribution in [1.29, 1.82) is 0 Å². The predicted octanol–water partition coefficient (Wildman–Crippen LogP) is -0.0393. The van der Waals surface area contributed by atoms with Gasteiger partial charge < -0.3 is 15.3 Å².